The summed E-state index contributed by atoms with van der Waals surface area (Å²) in [5.41, 5.74) is 6.26. The zero-order valence-electron chi connectivity index (χ0n) is 11.5. The highest BCUT2D eigenvalue weighted by atomic mass is 32.1. The SMILES string of the molecule is CCC1CCC(Nc2snc(N)c2C(=O)NC)CC1. The van der Waals surface area contributed by atoms with Crippen molar-refractivity contribution in [3.8, 4) is 0 Å². The van der Waals surface area contributed by atoms with Crippen LogP contribution in [0.5, 0.6) is 0 Å². The van der Waals surface area contributed by atoms with Crippen molar-refractivity contribution in [3.63, 3.8) is 0 Å². The molecule has 1 fully saturated rings. The Bertz CT molecular complexity index is 438. The first-order valence-corrected chi connectivity index (χ1v) is 7.66. The largest absolute Gasteiger partial charge is 0.382 e. The third-order valence-corrected chi connectivity index (χ3v) is 4.72. The van der Waals surface area contributed by atoms with Crippen molar-refractivity contribution in [2.45, 2.75) is 45.1 Å². The Kier molecular flexibility index (Phi) is 4.63. The van der Waals surface area contributed by atoms with Crippen LogP contribution in [0.1, 0.15) is 49.4 Å². The minimum Gasteiger partial charge on any atom is -0.382 e. The summed E-state index contributed by atoms with van der Waals surface area (Å²) in [7, 11) is 1.61. The molecule has 0 bridgehead atoms. The first-order chi connectivity index (χ1) is 9.15. The lowest BCUT2D eigenvalue weighted by molar-refractivity contribution is 0.0965. The van der Waals surface area contributed by atoms with Crippen molar-refractivity contribution < 1.29 is 4.79 Å². The molecule has 0 aromatic carbocycles. The number of carbonyl (C=O) groups excluding carboxylic acids is 1. The van der Waals surface area contributed by atoms with Crippen LogP contribution in [0.15, 0.2) is 0 Å². The topological polar surface area (TPSA) is 80.0 Å². The van der Waals surface area contributed by atoms with Gasteiger partial charge in [0, 0.05) is 13.1 Å². The molecule has 0 radical (unpaired) electrons. The highest BCUT2D eigenvalue weighted by Gasteiger charge is 2.24. The summed E-state index contributed by atoms with van der Waals surface area (Å²) in [5, 5.41) is 6.86. The Balaban J connectivity index is 2.02. The van der Waals surface area contributed by atoms with Gasteiger partial charge in [0.05, 0.1) is 0 Å². The molecule has 1 heterocycles. The number of carbonyl (C=O) groups is 1. The van der Waals surface area contributed by atoms with Crippen LogP contribution in [-0.2, 0) is 0 Å². The van der Waals surface area contributed by atoms with Gasteiger partial charge in [-0.05, 0) is 43.1 Å². The van der Waals surface area contributed by atoms with E-state index in [9.17, 15) is 4.79 Å². The van der Waals surface area contributed by atoms with Gasteiger partial charge in [-0.3, -0.25) is 4.79 Å². The van der Waals surface area contributed by atoms with E-state index in [-0.39, 0.29) is 5.91 Å². The smallest absolute Gasteiger partial charge is 0.257 e. The molecule has 1 aliphatic rings. The van der Waals surface area contributed by atoms with Crippen LogP contribution in [-0.4, -0.2) is 23.4 Å². The van der Waals surface area contributed by atoms with Crippen molar-refractivity contribution in [1.82, 2.24) is 9.69 Å². The minimum atomic E-state index is -0.170. The number of amides is 1. The standard InChI is InChI=1S/C13H22N4OS/c1-3-8-4-6-9(7-5-8)16-13-10(12(18)15-2)11(14)17-19-13/h8-9,16H,3-7H2,1-2H3,(H2,14,17)(H,15,18). The maximum atomic E-state index is 11.8. The Labute approximate surface area is 118 Å². The van der Waals surface area contributed by atoms with E-state index in [4.69, 9.17) is 5.73 Å². The van der Waals surface area contributed by atoms with Gasteiger partial charge in [0.2, 0.25) is 0 Å². The molecule has 0 atom stereocenters. The molecule has 0 saturated heterocycles. The Morgan fingerprint density at radius 3 is 2.68 bits per heavy atom. The normalized spacial score (nSPS) is 23.1. The van der Waals surface area contributed by atoms with Gasteiger partial charge in [0.25, 0.3) is 5.91 Å². The number of nitrogen functional groups attached to an aromatic ring is 1. The fraction of sp³-hybridized carbons (Fsp3) is 0.692. The van der Waals surface area contributed by atoms with E-state index in [2.05, 4.69) is 21.9 Å². The second-order valence-electron chi connectivity index (χ2n) is 5.12. The van der Waals surface area contributed by atoms with Crippen LogP contribution in [0.25, 0.3) is 0 Å². The Morgan fingerprint density at radius 1 is 1.42 bits per heavy atom. The van der Waals surface area contributed by atoms with Crippen molar-refractivity contribution in [2.75, 3.05) is 18.1 Å². The lowest BCUT2D eigenvalue weighted by Gasteiger charge is -2.28. The molecule has 1 aromatic heterocycles. The number of nitrogens with one attached hydrogen (secondary N) is 2. The van der Waals surface area contributed by atoms with Gasteiger partial charge in [-0.2, -0.15) is 4.37 Å². The van der Waals surface area contributed by atoms with Gasteiger partial charge < -0.3 is 16.4 Å². The van der Waals surface area contributed by atoms with Crippen LogP contribution in [0.4, 0.5) is 10.8 Å². The number of nitrogens with two attached hydrogens (primary N) is 1. The zero-order valence-corrected chi connectivity index (χ0v) is 12.3. The van der Waals surface area contributed by atoms with Crippen LogP contribution in [0.2, 0.25) is 0 Å². The number of hydrogen-bond donors (Lipinski definition) is 3. The van der Waals surface area contributed by atoms with E-state index in [0.29, 0.717) is 17.4 Å². The number of aromatic nitrogens is 1. The third-order valence-electron chi connectivity index (χ3n) is 3.93. The zero-order chi connectivity index (χ0) is 13.8. The molecule has 1 saturated carbocycles. The molecule has 0 aliphatic heterocycles. The number of rotatable bonds is 4. The number of nitrogens with zero attached hydrogens (tertiary/aromatic N) is 1. The highest BCUT2D eigenvalue weighted by molar-refractivity contribution is 7.11. The van der Waals surface area contributed by atoms with E-state index in [1.54, 1.807) is 7.05 Å². The van der Waals surface area contributed by atoms with E-state index in [1.165, 1.54) is 30.8 Å². The summed E-state index contributed by atoms with van der Waals surface area (Å²) in [6.45, 7) is 2.26. The van der Waals surface area contributed by atoms with Gasteiger partial charge in [-0.15, -0.1) is 0 Å². The van der Waals surface area contributed by atoms with Crippen molar-refractivity contribution >= 4 is 28.3 Å². The summed E-state index contributed by atoms with van der Waals surface area (Å²) in [5.74, 6) is 1.01. The van der Waals surface area contributed by atoms with Crippen molar-refractivity contribution in [3.05, 3.63) is 5.56 Å². The van der Waals surface area contributed by atoms with Crippen LogP contribution in [0, 0.1) is 5.92 Å². The average Bonchev–Trinajstić information content (AvgIpc) is 2.80. The van der Waals surface area contributed by atoms with Crippen molar-refractivity contribution in [1.29, 1.82) is 0 Å². The Morgan fingerprint density at radius 2 is 2.11 bits per heavy atom. The fourth-order valence-electron chi connectivity index (χ4n) is 2.65. The molecule has 106 valence electrons. The molecule has 1 amide bonds. The maximum Gasteiger partial charge on any atom is 0.257 e. The van der Waals surface area contributed by atoms with Gasteiger partial charge in [0.1, 0.15) is 10.6 Å². The molecule has 4 N–H and O–H groups in total. The lowest BCUT2D eigenvalue weighted by Crippen LogP contribution is -2.27. The van der Waals surface area contributed by atoms with Gasteiger partial charge in [-0.1, -0.05) is 13.3 Å². The van der Waals surface area contributed by atoms with Gasteiger partial charge in [0.15, 0.2) is 5.82 Å². The minimum absolute atomic E-state index is 0.170. The summed E-state index contributed by atoms with van der Waals surface area (Å²) < 4.78 is 4.08. The molecular formula is C13H22N4OS. The van der Waals surface area contributed by atoms with E-state index in [0.717, 1.165) is 23.8 Å². The monoisotopic (exact) mass is 282 g/mol. The summed E-state index contributed by atoms with van der Waals surface area (Å²) >= 11 is 1.27. The van der Waals surface area contributed by atoms with Crippen LogP contribution in [0.3, 0.4) is 0 Å². The summed E-state index contributed by atoms with van der Waals surface area (Å²) in [6, 6.07) is 0.436. The molecule has 1 aromatic rings. The van der Waals surface area contributed by atoms with E-state index < -0.39 is 0 Å². The Hall–Kier alpha value is -1.30. The molecule has 0 spiro atoms. The molecule has 5 nitrogen and oxygen atoms in total. The first kappa shape index (κ1) is 14.1. The third kappa shape index (κ3) is 3.18. The lowest BCUT2D eigenvalue weighted by atomic mass is 9.84. The van der Waals surface area contributed by atoms with E-state index >= 15 is 0 Å². The van der Waals surface area contributed by atoms with Gasteiger partial charge in [-0.25, -0.2) is 0 Å². The molecule has 1 aliphatic carbocycles. The first-order valence-electron chi connectivity index (χ1n) is 6.89. The van der Waals surface area contributed by atoms with Crippen LogP contribution >= 0.6 is 11.5 Å². The number of hydrogen-bond acceptors (Lipinski definition) is 5. The predicted octanol–water partition coefficient (Wildman–Crippen LogP) is 2.47. The second-order valence-corrected chi connectivity index (χ2v) is 5.89. The van der Waals surface area contributed by atoms with Gasteiger partial charge >= 0.3 is 0 Å². The molecule has 0 unspecified atom stereocenters. The summed E-state index contributed by atoms with van der Waals surface area (Å²) in [4.78, 5) is 11.8. The second kappa shape index (κ2) is 6.23. The highest BCUT2D eigenvalue weighted by Crippen LogP contribution is 2.32. The number of anilines is 2. The molecule has 2 rings (SSSR count). The molecular weight excluding hydrogens is 260 g/mol. The maximum absolute atomic E-state index is 11.8. The quantitative estimate of drug-likeness (QED) is 0.792. The van der Waals surface area contributed by atoms with Crippen LogP contribution < -0.4 is 16.4 Å². The van der Waals surface area contributed by atoms with E-state index in [1.807, 2.05) is 0 Å². The molecule has 6 heteroatoms. The van der Waals surface area contributed by atoms with Crippen molar-refractivity contribution in [2.24, 2.45) is 5.92 Å². The summed E-state index contributed by atoms with van der Waals surface area (Å²) in [6.07, 6.45) is 6.10. The average molecular weight is 282 g/mol. The molecule has 19 heavy (non-hydrogen) atoms. The fourth-order valence-corrected chi connectivity index (χ4v) is 3.43. The predicted molar refractivity (Wildman–Crippen MR) is 79.6 cm³/mol.